The molecule has 0 heterocycles. The van der Waals surface area contributed by atoms with Gasteiger partial charge in [-0.05, 0) is 0 Å². The standard InChI is InChI=1S/C9H13.C5H5.2ClH.Zr/c1-2-3-6-9-7-4-5-8-9;1-2-4-5-3-1;;;/h4-5,7-8H,2-3,6H2,1H3;1-5H;2*1H;/q2*-1;;;+4/p-2. The molecule has 0 amide bonds. The van der Waals surface area contributed by atoms with Gasteiger partial charge in [0.25, 0.3) is 0 Å². The number of hydrogen-bond acceptors (Lipinski definition) is 0. The Bertz CT molecular complexity index is 284. The Morgan fingerprint density at radius 2 is 1.76 bits per heavy atom. The number of rotatable bonds is 3. The van der Waals surface area contributed by atoms with Crippen LogP contribution in [-0.4, -0.2) is 0 Å². The van der Waals surface area contributed by atoms with E-state index in [1.165, 1.54) is 24.8 Å². The Kier molecular flexibility index (Phi) is 14.4. The summed E-state index contributed by atoms with van der Waals surface area (Å²) in [4.78, 5) is 0. The number of halogens is 2. The van der Waals surface area contributed by atoms with Crippen molar-refractivity contribution < 1.29 is 20.8 Å². The molecule has 0 fully saturated rings. The second-order valence-corrected chi connectivity index (χ2v) is 7.16. The summed E-state index contributed by atoms with van der Waals surface area (Å²) >= 11 is -0.826. The fraction of sp³-hybridized carbons (Fsp3) is 0.286. The first-order chi connectivity index (χ1) is 8.35. The van der Waals surface area contributed by atoms with Gasteiger partial charge in [-0.25, -0.2) is 24.3 Å². The Morgan fingerprint density at radius 3 is 2.12 bits per heavy atom. The molecule has 0 aliphatic carbocycles. The van der Waals surface area contributed by atoms with Crippen molar-refractivity contribution in [2.75, 3.05) is 0 Å². The predicted octanol–water partition coefficient (Wildman–Crippen LogP) is 5.53. The molecule has 0 radical (unpaired) electrons. The fourth-order valence-electron chi connectivity index (χ4n) is 1.28. The topological polar surface area (TPSA) is 0 Å². The fourth-order valence-corrected chi connectivity index (χ4v) is 1.28. The van der Waals surface area contributed by atoms with Crippen LogP contribution in [0.15, 0.2) is 54.6 Å². The van der Waals surface area contributed by atoms with E-state index < -0.39 is 20.8 Å². The van der Waals surface area contributed by atoms with Crippen molar-refractivity contribution >= 4 is 17.0 Å². The molecular formula is C14H18Cl2Zr. The zero-order valence-corrected chi connectivity index (χ0v) is 14.0. The van der Waals surface area contributed by atoms with Gasteiger partial charge in [0.2, 0.25) is 0 Å². The minimum atomic E-state index is -0.826. The van der Waals surface area contributed by atoms with Gasteiger partial charge in [-0.15, -0.1) is 0 Å². The van der Waals surface area contributed by atoms with Crippen molar-refractivity contribution in [1.82, 2.24) is 0 Å². The van der Waals surface area contributed by atoms with Crippen molar-refractivity contribution in [2.24, 2.45) is 0 Å². The van der Waals surface area contributed by atoms with Crippen LogP contribution >= 0.6 is 17.0 Å². The molecule has 0 nitrogen and oxygen atoms in total. The zero-order chi connectivity index (χ0) is 12.8. The van der Waals surface area contributed by atoms with E-state index >= 15 is 0 Å². The summed E-state index contributed by atoms with van der Waals surface area (Å²) in [6.45, 7) is 2.23. The van der Waals surface area contributed by atoms with Crippen LogP contribution in [0.5, 0.6) is 0 Å². The molecule has 2 aromatic carbocycles. The summed E-state index contributed by atoms with van der Waals surface area (Å²) < 4.78 is 0. The summed E-state index contributed by atoms with van der Waals surface area (Å²) in [6.07, 6.45) is 3.87. The normalized spacial score (nSPS) is 8.18. The Hall–Kier alpha value is 0.163. The quantitative estimate of drug-likeness (QED) is 0.640. The molecule has 17 heavy (non-hydrogen) atoms. The summed E-state index contributed by atoms with van der Waals surface area (Å²) in [6, 6.07) is 18.6. The van der Waals surface area contributed by atoms with Gasteiger partial charge in [-0.2, -0.15) is 35.9 Å². The van der Waals surface area contributed by atoms with Crippen LogP contribution in [0.2, 0.25) is 0 Å². The maximum Gasteiger partial charge on any atom is -0.172 e. The van der Waals surface area contributed by atoms with Crippen LogP contribution in [0.1, 0.15) is 25.3 Å². The third-order valence-electron chi connectivity index (χ3n) is 2.11. The summed E-state index contributed by atoms with van der Waals surface area (Å²) in [5, 5.41) is 0. The molecule has 0 saturated carbocycles. The van der Waals surface area contributed by atoms with E-state index in [2.05, 4.69) is 31.2 Å². The molecule has 2 aromatic rings. The van der Waals surface area contributed by atoms with E-state index in [-0.39, 0.29) is 0 Å². The maximum atomic E-state index is 4.93. The van der Waals surface area contributed by atoms with Crippen molar-refractivity contribution in [3.05, 3.63) is 60.2 Å². The largest absolute Gasteiger partial charge is 0.214 e. The van der Waals surface area contributed by atoms with Crippen LogP contribution < -0.4 is 0 Å². The molecule has 0 aromatic heterocycles. The van der Waals surface area contributed by atoms with E-state index in [0.29, 0.717) is 0 Å². The van der Waals surface area contributed by atoms with Crippen LogP contribution in [-0.2, 0) is 27.3 Å². The zero-order valence-electron chi connectivity index (χ0n) is 10.1. The number of hydrogen-bond donors (Lipinski definition) is 0. The van der Waals surface area contributed by atoms with Crippen molar-refractivity contribution in [3.8, 4) is 0 Å². The van der Waals surface area contributed by atoms with E-state index in [4.69, 9.17) is 17.0 Å². The predicted molar refractivity (Wildman–Crippen MR) is 74.4 cm³/mol. The monoisotopic (exact) mass is 346 g/mol. The van der Waals surface area contributed by atoms with Crippen molar-refractivity contribution in [2.45, 2.75) is 26.2 Å². The van der Waals surface area contributed by atoms with Crippen molar-refractivity contribution in [3.63, 3.8) is 0 Å². The molecule has 3 heteroatoms. The van der Waals surface area contributed by atoms with Gasteiger partial charge in [0.05, 0.1) is 0 Å². The summed E-state index contributed by atoms with van der Waals surface area (Å²) in [7, 11) is 9.87. The summed E-state index contributed by atoms with van der Waals surface area (Å²) in [5.74, 6) is 0. The first-order valence-corrected chi connectivity index (χ1v) is 12.0. The van der Waals surface area contributed by atoms with E-state index in [1.54, 1.807) is 0 Å². The van der Waals surface area contributed by atoms with Gasteiger partial charge in [-0.1, -0.05) is 26.2 Å². The third-order valence-corrected chi connectivity index (χ3v) is 2.11. The molecule has 0 bridgehead atoms. The molecule has 0 unspecified atom stereocenters. The minimum absolute atomic E-state index is 0.826. The van der Waals surface area contributed by atoms with Gasteiger partial charge < -0.3 is 0 Å². The van der Waals surface area contributed by atoms with Crippen LogP contribution in [0.25, 0.3) is 0 Å². The maximum absolute atomic E-state index is 4.93. The average Bonchev–Trinajstić information content (AvgIpc) is 3.03. The molecule has 2 rings (SSSR count). The van der Waals surface area contributed by atoms with Gasteiger partial charge in [0, 0.05) is 0 Å². The van der Waals surface area contributed by atoms with Gasteiger partial charge in [0.1, 0.15) is 0 Å². The molecular weight excluding hydrogens is 330 g/mol. The van der Waals surface area contributed by atoms with Gasteiger partial charge in [0.15, 0.2) is 0 Å². The molecule has 0 N–H and O–H groups in total. The Labute approximate surface area is 123 Å². The van der Waals surface area contributed by atoms with Gasteiger partial charge in [-0.3, -0.25) is 0 Å². The van der Waals surface area contributed by atoms with E-state index in [9.17, 15) is 0 Å². The molecule has 0 saturated heterocycles. The second-order valence-electron chi connectivity index (χ2n) is 3.43. The summed E-state index contributed by atoms with van der Waals surface area (Å²) in [5.41, 5.74) is 1.48. The molecule has 0 spiro atoms. The van der Waals surface area contributed by atoms with Crippen molar-refractivity contribution in [1.29, 1.82) is 0 Å². The average molecular weight is 348 g/mol. The Balaban J connectivity index is 0.000000270. The minimum Gasteiger partial charge on any atom is -0.214 e. The smallest absolute Gasteiger partial charge is 0.172 e. The molecule has 0 aliphatic rings. The first kappa shape index (κ1) is 17.2. The van der Waals surface area contributed by atoms with Crippen LogP contribution in [0.4, 0.5) is 0 Å². The Morgan fingerprint density at radius 1 is 1.12 bits per heavy atom. The van der Waals surface area contributed by atoms with E-state index in [0.717, 1.165) is 0 Å². The van der Waals surface area contributed by atoms with Gasteiger partial charge >= 0.3 is 37.9 Å². The number of unbranched alkanes of at least 4 members (excludes halogenated alkanes) is 1. The SMILES string of the molecule is CCCCc1ccc[cH-]1.[Cl][Zr+2][Cl].c1cc[cH-]c1. The molecule has 0 atom stereocenters. The first-order valence-electron chi connectivity index (χ1n) is 5.68. The molecule has 92 valence electrons. The van der Waals surface area contributed by atoms with Crippen LogP contribution in [0.3, 0.4) is 0 Å². The molecule has 0 aliphatic heterocycles. The van der Waals surface area contributed by atoms with Crippen LogP contribution in [0, 0.1) is 0 Å². The number of aryl methyl sites for hydroxylation is 1. The third kappa shape index (κ3) is 12.4. The van der Waals surface area contributed by atoms with E-state index in [1.807, 2.05) is 30.3 Å². The second kappa shape index (κ2) is 14.2.